The zero-order valence-corrected chi connectivity index (χ0v) is 8.92. The topological polar surface area (TPSA) is 49.3 Å². The molecule has 1 aromatic carbocycles. The molecule has 0 aliphatic heterocycles. The standard InChI is InChI=1S/C11H12ClNO2/c12-8-2-3-9-7(5-8)1-4-10(9)13-11(15)6-14/h2-3,5,10,14H,1,4,6H2,(H,13,15). The minimum Gasteiger partial charge on any atom is -0.387 e. The van der Waals surface area contributed by atoms with E-state index in [0.717, 1.165) is 23.4 Å². The Balaban J connectivity index is 2.18. The fourth-order valence-corrected chi connectivity index (χ4v) is 2.17. The molecular weight excluding hydrogens is 214 g/mol. The first-order chi connectivity index (χ1) is 7.20. The third-order valence-electron chi connectivity index (χ3n) is 2.66. The molecule has 2 rings (SSSR count). The van der Waals surface area contributed by atoms with Gasteiger partial charge in [-0.3, -0.25) is 4.79 Å². The molecule has 0 radical (unpaired) electrons. The molecule has 1 aliphatic carbocycles. The zero-order chi connectivity index (χ0) is 10.8. The Labute approximate surface area is 93.1 Å². The van der Waals surface area contributed by atoms with Gasteiger partial charge in [-0.05, 0) is 36.1 Å². The van der Waals surface area contributed by atoms with Crippen LogP contribution in [0.1, 0.15) is 23.6 Å². The smallest absolute Gasteiger partial charge is 0.246 e. The molecule has 15 heavy (non-hydrogen) atoms. The lowest BCUT2D eigenvalue weighted by molar-refractivity contribution is -0.124. The van der Waals surface area contributed by atoms with Gasteiger partial charge in [0, 0.05) is 5.02 Å². The van der Waals surface area contributed by atoms with Gasteiger partial charge in [0.15, 0.2) is 0 Å². The van der Waals surface area contributed by atoms with Gasteiger partial charge in [-0.1, -0.05) is 17.7 Å². The van der Waals surface area contributed by atoms with Gasteiger partial charge in [0.25, 0.3) is 0 Å². The molecule has 1 aromatic rings. The summed E-state index contributed by atoms with van der Waals surface area (Å²) in [5, 5.41) is 12.2. The van der Waals surface area contributed by atoms with Crippen molar-refractivity contribution in [1.29, 1.82) is 0 Å². The van der Waals surface area contributed by atoms with Gasteiger partial charge in [0.1, 0.15) is 6.61 Å². The van der Waals surface area contributed by atoms with E-state index in [1.54, 1.807) is 0 Å². The first kappa shape index (κ1) is 10.5. The van der Waals surface area contributed by atoms with Crippen LogP contribution in [0.5, 0.6) is 0 Å². The average molecular weight is 226 g/mol. The molecular formula is C11H12ClNO2. The highest BCUT2D eigenvalue weighted by molar-refractivity contribution is 6.30. The molecule has 1 aliphatic rings. The minimum absolute atomic E-state index is 0.0249. The lowest BCUT2D eigenvalue weighted by Crippen LogP contribution is -2.29. The van der Waals surface area contributed by atoms with Crippen molar-refractivity contribution < 1.29 is 9.90 Å². The predicted molar refractivity (Wildman–Crippen MR) is 57.7 cm³/mol. The summed E-state index contributed by atoms with van der Waals surface area (Å²) < 4.78 is 0. The van der Waals surface area contributed by atoms with Crippen LogP contribution in [0.3, 0.4) is 0 Å². The van der Waals surface area contributed by atoms with Crippen molar-refractivity contribution in [1.82, 2.24) is 5.32 Å². The first-order valence-corrected chi connectivity index (χ1v) is 5.27. The number of benzene rings is 1. The Morgan fingerprint density at radius 1 is 1.60 bits per heavy atom. The Kier molecular flexibility index (Phi) is 2.93. The monoisotopic (exact) mass is 225 g/mol. The van der Waals surface area contributed by atoms with Crippen LogP contribution in [-0.4, -0.2) is 17.6 Å². The van der Waals surface area contributed by atoms with E-state index < -0.39 is 6.61 Å². The molecule has 0 spiro atoms. The van der Waals surface area contributed by atoms with Crippen LogP contribution in [-0.2, 0) is 11.2 Å². The van der Waals surface area contributed by atoms with E-state index in [0.29, 0.717) is 0 Å². The Bertz CT molecular complexity index is 392. The fourth-order valence-electron chi connectivity index (χ4n) is 1.98. The van der Waals surface area contributed by atoms with Crippen molar-refractivity contribution in [3.8, 4) is 0 Å². The number of aliphatic hydroxyl groups excluding tert-OH is 1. The summed E-state index contributed by atoms with van der Waals surface area (Å²) in [5.41, 5.74) is 2.30. The van der Waals surface area contributed by atoms with Crippen LogP contribution in [0.15, 0.2) is 18.2 Å². The number of amides is 1. The maximum Gasteiger partial charge on any atom is 0.246 e. The SMILES string of the molecule is O=C(CO)NC1CCc2cc(Cl)ccc21. The van der Waals surface area contributed by atoms with Gasteiger partial charge in [-0.2, -0.15) is 0 Å². The zero-order valence-electron chi connectivity index (χ0n) is 8.16. The van der Waals surface area contributed by atoms with Crippen LogP contribution < -0.4 is 5.32 Å². The van der Waals surface area contributed by atoms with Gasteiger partial charge in [-0.15, -0.1) is 0 Å². The molecule has 0 saturated carbocycles. The van der Waals surface area contributed by atoms with E-state index in [2.05, 4.69) is 5.32 Å². The highest BCUT2D eigenvalue weighted by Gasteiger charge is 2.23. The fraction of sp³-hybridized carbons (Fsp3) is 0.364. The summed E-state index contributed by atoms with van der Waals surface area (Å²) in [6.45, 7) is -0.459. The number of nitrogens with one attached hydrogen (secondary N) is 1. The highest BCUT2D eigenvalue weighted by atomic mass is 35.5. The Hall–Kier alpha value is -1.06. The summed E-state index contributed by atoms with van der Waals surface area (Å²) in [6, 6.07) is 5.72. The van der Waals surface area contributed by atoms with Crippen LogP contribution in [0, 0.1) is 0 Å². The second kappa shape index (κ2) is 4.21. The maximum absolute atomic E-state index is 11.1. The summed E-state index contributed by atoms with van der Waals surface area (Å²) in [6.07, 6.45) is 1.80. The number of aliphatic hydroxyl groups is 1. The molecule has 0 heterocycles. The molecule has 0 bridgehead atoms. The van der Waals surface area contributed by atoms with E-state index in [1.807, 2.05) is 18.2 Å². The molecule has 1 amide bonds. The number of carbonyl (C=O) groups is 1. The van der Waals surface area contributed by atoms with Gasteiger partial charge >= 0.3 is 0 Å². The second-order valence-corrected chi connectivity index (χ2v) is 4.10. The predicted octanol–water partition coefficient (Wildman–Crippen LogP) is 1.44. The van der Waals surface area contributed by atoms with E-state index in [4.69, 9.17) is 16.7 Å². The van der Waals surface area contributed by atoms with E-state index in [9.17, 15) is 4.79 Å². The van der Waals surface area contributed by atoms with E-state index in [-0.39, 0.29) is 11.9 Å². The summed E-state index contributed by atoms with van der Waals surface area (Å²) in [7, 11) is 0. The van der Waals surface area contributed by atoms with Gasteiger partial charge in [0.05, 0.1) is 6.04 Å². The molecule has 1 atom stereocenters. The Morgan fingerprint density at radius 3 is 3.13 bits per heavy atom. The molecule has 0 aromatic heterocycles. The van der Waals surface area contributed by atoms with Crippen molar-refractivity contribution in [2.75, 3.05) is 6.61 Å². The molecule has 2 N–H and O–H groups in total. The summed E-state index contributed by atoms with van der Waals surface area (Å²) in [4.78, 5) is 11.1. The van der Waals surface area contributed by atoms with Crippen molar-refractivity contribution in [2.24, 2.45) is 0 Å². The molecule has 80 valence electrons. The minimum atomic E-state index is -0.459. The Morgan fingerprint density at radius 2 is 2.40 bits per heavy atom. The average Bonchev–Trinajstić information content (AvgIpc) is 2.60. The van der Waals surface area contributed by atoms with Crippen LogP contribution >= 0.6 is 11.6 Å². The quantitative estimate of drug-likeness (QED) is 0.800. The lowest BCUT2D eigenvalue weighted by atomic mass is 10.1. The lowest BCUT2D eigenvalue weighted by Gasteiger charge is -2.12. The third-order valence-corrected chi connectivity index (χ3v) is 2.90. The molecule has 3 nitrogen and oxygen atoms in total. The van der Waals surface area contributed by atoms with Gasteiger partial charge < -0.3 is 10.4 Å². The van der Waals surface area contributed by atoms with E-state index >= 15 is 0 Å². The normalized spacial score (nSPS) is 18.7. The van der Waals surface area contributed by atoms with Crippen molar-refractivity contribution in [2.45, 2.75) is 18.9 Å². The summed E-state index contributed by atoms with van der Waals surface area (Å²) in [5.74, 6) is -0.331. The number of hydrogen-bond donors (Lipinski definition) is 2. The number of fused-ring (bicyclic) bond motifs is 1. The van der Waals surface area contributed by atoms with Crippen LogP contribution in [0.25, 0.3) is 0 Å². The maximum atomic E-state index is 11.1. The van der Waals surface area contributed by atoms with E-state index in [1.165, 1.54) is 5.56 Å². The number of rotatable bonds is 2. The number of aryl methyl sites for hydroxylation is 1. The third kappa shape index (κ3) is 2.13. The van der Waals surface area contributed by atoms with Gasteiger partial charge in [0.2, 0.25) is 5.91 Å². The highest BCUT2D eigenvalue weighted by Crippen LogP contribution is 2.32. The summed E-state index contributed by atoms with van der Waals surface area (Å²) >= 11 is 5.88. The van der Waals surface area contributed by atoms with Crippen molar-refractivity contribution in [3.05, 3.63) is 34.3 Å². The number of hydrogen-bond acceptors (Lipinski definition) is 2. The molecule has 1 unspecified atom stereocenters. The first-order valence-electron chi connectivity index (χ1n) is 4.89. The molecule has 4 heteroatoms. The van der Waals surface area contributed by atoms with Gasteiger partial charge in [-0.25, -0.2) is 0 Å². The number of halogens is 1. The van der Waals surface area contributed by atoms with Crippen molar-refractivity contribution in [3.63, 3.8) is 0 Å². The second-order valence-electron chi connectivity index (χ2n) is 3.66. The molecule has 0 saturated heterocycles. The largest absolute Gasteiger partial charge is 0.387 e. The van der Waals surface area contributed by atoms with Crippen LogP contribution in [0.4, 0.5) is 0 Å². The van der Waals surface area contributed by atoms with Crippen molar-refractivity contribution >= 4 is 17.5 Å². The molecule has 0 fully saturated rings. The van der Waals surface area contributed by atoms with Crippen LogP contribution in [0.2, 0.25) is 5.02 Å². The number of carbonyl (C=O) groups excluding carboxylic acids is 1.